The molecule has 1 saturated heterocycles. The number of nitrogens with zero attached hydrogens (tertiary/aromatic N) is 4. The van der Waals surface area contributed by atoms with Crippen molar-refractivity contribution in [3.05, 3.63) is 35.2 Å². The summed E-state index contributed by atoms with van der Waals surface area (Å²) in [6.45, 7) is 4.49. The SMILES string of the molecule is Cc1cc(Nc2ccc3c(n2)C(=O)N(CC(=O)NCC2CCOCC2)C3)n(C)n1. The zero-order valence-corrected chi connectivity index (χ0v) is 16.8. The fourth-order valence-electron chi connectivity index (χ4n) is 3.72. The van der Waals surface area contributed by atoms with Crippen molar-refractivity contribution in [3.63, 3.8) is 0 Å². The number of fused-ring (bicyclic) bond motifs is 1. The Hall–Kier alpha value is -2.94. The number of ether oxygens (including phenoxy) is 1. The standard InChI is InChI=1S/C20H26N6O3/c1-13-9-17(25(2)24-13)22-16-4-3-15-11-26(20(28)19(15)23-16)12-18(27)21-10-14-5-7-29-8-6-14/h3-4,9,14H,5-8,10-12H2,1-2H3,(H,21,27)(H,22,23). The first kappa shape index (κ1) is 19.4. The maximum absolute atomic E-state index is 12.7. The highest BCUT2D eigenvalue weighted by Gasteiger charge is 2.30. The van der Waals surface area contributed by atoms with Gasteiger partial charge in [0, 0.05) is 45.0 Å². The summed E-state index contributed by atoms with van der Waals surface area (Å²) in [4.78, 5) is 31.0. The van der Waals surface area contributed by atoms with Crippen molar-refractivity contribution >= 4 is 23.5 Å². The number of hydrogen-bond donors (Lipinski definition) is 2. The molecule has 0 unspecified atom stereocenters. The van der Waals surface area contributed by atoms with Gasteiger partial charge >= 0.3 is 0 Å². The number of aryl methyl sites for hydroxylation is 2. The third-order valence-corrected chi connectivity index (χ3v) is 5.35. The van der Waals surface area contributed by atoms with Gasteiger partial charge in [0.15, 0.2) is 0 Å². The quantitative estimate of drug-likeness (QED) is 0.762. The lowest BCUT2D eigenvalue weighted by Crippen LogP contribution is -2.40. The van der Waals surface area contributed by atoms with Crippen LogP contribution in [0.1, 0.15) is 34.6 Å². The molecule has 2 amide bonds. The van der Waals surface area contributed by atoms with E-state index in [0.717, 1.165) is 43.1 Å². The lowest BCUT2D eigenvalue weighted by molar-refractivity contribution is -0.122. The molecule has 2 aromatic rings. The Balaban J connectivity index is 1.35. The molecule has 29 heavy (non-hydrogen) atoms. The average molecular weight is 398 g/mol. The van der Waals surface area contributed by atoms with Crippen molar-refractivity contribution in [3.8, 4) is 0 Å². The number of carbonyl (C=O) groups is 2. The van der Waals surface area contributed by atoms with Crippen LogP contribution in [0.5, 0.6) is 0 Å². The van der Waals surface area contributed by atoms with Crippen molar-refractivity contribution in [1.82, 2.24) is 25.0 Å². The molecule has 2 aliphatic rings. The van der Waals surface area contributed by atoms with E-state index in [1.165, 1.54) is 4.90 Å². The first-order chi connectivity index (χ1) is 14.0. The van der Waals surface area contributed by atoms with Crippen molar-refractivity contribution in [2.75, 3.05) is 31.6 Å². The van der Waals surface area contributed by atoms with Crippen molar-refractivity contribution in [2.24, 2.45) is 13.0 Å². The number of hydrogen-bond acceptors (Lipinski definition) is 6. The van der Waals surface area contributed by atoms with E-state index >= 15 is 0 Å². The average Bonchev–Trinajstić information content (AvgIpc) is 3.19. The van der Waals surface area contributed by atoms with Gasteiger partial charge in [-0.3, -0.25) is 14.3 Å². The van der Waals surface area contributed by atoms with Gasteiger partial charge in [-0.1, -0.05) is 6.07 Å². The van der Waals surface area contributed by atoms with Gasteiger partial charge in [0.2, 0.25) is 5.91 Å². The first-order valence-corrected chi connectivity index (χ1v) is 9.91. The van der Waals surface area contributed by atoms with Crippen LogP contribution in [0.15, 0.2) is 18.2 Å². The molecule has 4 heterocycles. The minimum absolute atomic E-state index is 0.0438. The largest absolute Gasteiger partial charge is 0.381 e. The Bertz CT molecular complexity index is 919. The van der Waals surface area contributed by atoms with Gasteiger partial charge in [-0.15, -0.1) is 0 Å². The van der Waals surface area contributed by atoms with Gasteiger partial charge in [-0.2, -0.15) is 5.10 Å². The van der Waals surface area contributed by atoms with Gasteiger partial charge in [0.1, 0.15) is 23.9 Å². The summed E-state index contributed by atoms with van der Waals surface area (Å²) in [6.07, 6.45) is 1.93. The number of rotatable bonds is 6. The summed E-state index contributed by atoms with van der Waals surface area (Å²) >= 11 is 0. The van der Waals surface area contributed by atoms with E-state index in [-0.39, 0.29) is 18.4 Å². The molecular formula is C20H26N6O3. The summed E-state index contributed by atoms with van der Waals surface area (Å²) in [5.74, 6) is 1.47. The topological polar surface area (TPSA) is 101 Å². The summed E-state index contributed by atoms with van der Waals surface area (Å²) in [5, 5.41) is 10.4. The Labute approximate surface area is 169 Å². The smallest absolute Gasteiger partial charge is 0.273 e. The Kier molecular flexibility index (Phi) is 5.48. The first-order valence-electron chi connectivity index (χ1n) is 9.91. The molecule has 4 rings (SSSR count). The summed E-state index contributed by atoms with van der Waals surface area (Å²) < 4.78 is 7.06. The molecule has 9 heteroatoms. The molecule has 2 aromatic heterocycles. The molecule has 0 spiro atoms. The predicted octanol–water partition coefficient (Wildman–Crippen LogP) is 1.37. The Morgan fingerprint density at radius 2 is 2.10 bits per heavy atom. The molecule has 1 fully saturated rings. The van der Waals surface area contributed by atoms with Crippen LogP contribution in [-0.2, 0) is 23.1 Å². The second-order valence-corrected chi connectivity index (χ2v) is 7.64. The monoisotopic (exact) mass is 398 g/mol. The third kappa shape index (κ3) is 4.40. The van der Waals surface area contributed by atoms with Gasteiger partial charge < -0.3 is 20.3 Å². The van der Waals surface area contributed by atoms with Gasteiger partial charge in [-0.25, -0.2) is 4.98 Å². The normalized spacial score (nSPS) is 16.8. The molecule has 154 valence electrons. The maximum atomic E-state index is 12.7. The van der Waals surface area contributed by atoms with Gasteiger partial charge in [0.25, 0.3) is 5.91 Å². The minimum Gasteiger partial charge on any atom is -0.381 e. The van der Waals surface area contributed by atoms with E-state index in [2.05, 4.69) is 20.7 Å². The molecule has 0 aliphatic carbocycles. The van der Waals surface area contributed by atoms with Crippen LogP contribution in [-0.4, -0.2) is 57.8 Å². The van der Waals surface area contributed by atoms with Crippen LogP contribution in [0.4, 0.5) is 11.6 Å². The molecule has 0 radical (unpaired) electrons. The highest BCUT2D eigenvalue weighted by Crippen LogP contribution is 2.24. The van der Waals surface area contributed by atoms with E-state index in [1.54, 1.807) is 4.68 Å². The summed E-state index contributed by atoms with van der Waals surface area (Å²) in [6, 6.07) is 5.63. The third-order valence-electron chi connectivity index (χ3n) is 5.35. The lowest BCUT2D eigenvalue weighted by Gasteiger charge is -2.23. The summed E-state index contributed by atoms with van der Waals surface area (Å²) in [7, 11) is 1.84. The number of pyridine rings is 1. The fourth-order valence-corrected chi connectivity index (χ4v) is 3.72. The number of amides is 2. The lowest BCUT2D eigenvalue weighted by atomic mass is 10.0. The van der Waals surface area contributed by atoms with Crippen LogP contribution >= 0.6 is 0 Å². The minimum atomic E-state index is -0.217. The Morgan fingerprint density at radius 1 is 1.31 bits per heavy atom. The highest BCUT2D eigenvalue weighted by molar-refractivity contribution is 5.99. The number of anilines is 2. The number of nitrogens with one attached hydrogen (secondary N) is 2. The number of aromatic nitrogens is 3. The summed E-state index contributed by atoms with van der Waals surface area (Å²) in [5.41, 5.74) is 2.12. The molecule has 0 aromatic carbocycles. The second kappa shape index (κ2) is 8.20. The second-order valence-electron chi connectivity index (χ2n) is 7.64. The van der Waals surface area contributed by atoms with E-state index in [4.69, 9.17) is 4.74 Å². The zero-order chi connectivity index (χ0) is 20.4. The molecule has 0 saturated carbocycles. The van der Waals surface area contributed by atoms with Crippen LogP contribution in [0.25, 0.3) is 0 Å². The van der Waals surface area contributed by atoms with Gasteiger partial charge in [0.05, 0.1) is 5.69 Å². The van der Waals surface area contributed by atoms with Crippen LogP contribution in [0, 0.1) is 12.8 Å². The van der Waals surface area contributed by atoms with E-state index in [9.17, 15) is 9.59 Å². The van der Waals surface area contributed by atoms with Crippen LogP contribution < -0.4 is 10.6 Å². The van der Waals surface area contributed by atoms with E-state index in [1.807, 2.05) is 32.2 Å². The molecule has 0 bridgehead atoms. The zero-order valence-electron chi connectivity index (χ0n) is 16.8. The van der Waals surface area contributed by atoms with Crippen molar-refractivity contribution < 1.29 is 14.3 Å². The molecule has 0 atom stereocenters. The van der Waals surface area contributed by atoms with E-state index < -0.39 is 0 Å². The van der Waals surface area contributed by atoms with E-state index in [0.29, 0.717) is 30.5 Å². The highest BCUT2D eigenvalue weighted by atomic mass is 16.5. The van der Waals surface area contributed by atoms with Crippen molar-refractivity contribution in [1.29, 1.82) is 0 Å². The number of carbonyl (C=O) groups excluding carboxylic acids is 2. The fraction of sp³-hybridized carbons (Fsp3) is 0.500. The molecule has 2 aliphatic heterocycles. The molecule has 2 N–H and O–H groups in total. The van der Waals surface area contributed by atoms with Crippen LogP contribution in [0.3, 0.4) is 0 Å². The van der Waals surface area contributed by atoms with Crippen LogP contribution in [0.2, 0.25) is 0 Å². The van der Waals surface area contributed by atoms with Crippen molar-refractivity contribution in [2.45, 2.75) is 26.3 Å². The van der Waals surface area contributed by atoms with Gasteiger partial charge in [-0.05, 0) is 31.7 Å². The predicted molar refractivity (Wildman–Crippen MR) is 107 cm³/mol. The maximum Gasteiger partial charge on any atom is 0.273 e. The Morgan fingerprint density at radius 3 is 2.83 bits per heavy atom. The molecule has 9 nitrogen and oxygen atoms in total. The molecular weight excluding hydrogens is 372 g/mol.